The number of piperazine rings is 1. The van der Waals surface area contributed by atoms with Crippen LogP contribution in [0.25, 0.3) is 0 Å². The van der Waals surface area contributed by atoms with Gasteiger partial charge in [0.25, 0.3) is 0 Å². The normalized spacial score (nSPS) is 23.6. The zero-order valence-electron chi connectivity index (χ0n) is 23.9. The van der Waals surface area contributed by atoms with Crippen molar-refractivity contribution in [3.63, 3.8) is 0 Å². The van der Waals surface area contributed by atoms with Gasteiger partial charge in [-0.15, -0.1) is 0 Å². The van der Waals surface area contributed by atoms with Crippen molar-refractivity contribution in [3.8, 4) is 34.5 Å². The fraction of sp³-hybridized carbons (Fsp3) is 0.517. The molecular formula is C29H36N2O8. The number of ether oxygens (including phenoxy) is 5. The highest BCUT2D eigenvalue weighted by molar-refractivity contribution is 6.10. The molecule has 0 saturated carbocycles. The molecule has 1 fully saturated rings. The number of Topliss-reactive ketones (excluding diaryl/α,β-unsaturated/α-hetero) is 1. The molecule has 210 valence electrons. The van der Waals surface area contributed by atoms with Crippen LogP contribution in [0, 0.1) is 13.8 Å². The molecule has 3 aliphatic heterocycles. The molecule has 1 saturated heterocycles. The Hall–Kier alpha value is -3.66. The quantitative estimate of drug-likeness (QED) is 0.589. The van der Waals surface area contributed by atoms with Crippen LogP contribution in [0.15, 0.2) is 0 Å². The van der Waals surface area contributed by atoms with Gasteiger partial charge < -0.3 is 33.7 Å². The zero-order valence-corrected chi connectivity index (χ0v) is 23.9. The van der Waals surface area contributed by atoms with Gasteiger partial charge in [-0.25, -0.2) is 0 Å². The van der Waals surface area contributed by atoms with Gasteiger partial charge in [-0.05, 0) is 27.3 Å². The van der Waals surface area contributed by atoms with Crippen molar-refractivity contribution in [1.29, 1.82) is 0 Å². The molecule has 3 aliphatic rings. The Kier molecular flexibility index (Phi) is 6.57. The summed E-state index contributed by atoms with van der Waals surface area (Å²) in [6, 6.07) is -2.55. The maximum Gasteiger partial charge on any atom is 0.241 e. The van der Waals surface area contributed by atoms with Crippen LogP contribution in [0.5, 0.6) is 34.5 Å². The predicted octanol–water partition coefficient (Wildman–Crippen LogP) is 3.51. The monoisotopic (exact) mass is 540 g/mol. The largest absolute Gasteiger partial charge is 0.507 e. The van der Waals surface area contributed by atoms with Crippen LogP contribution in [0.3, 0.4) is 0 Å². The number of rotatable bonds is 6. The molecule has 1 unspecified atom stereocenters. The van der Waals surface area contributed by atoms with E-state index in [9.17, 15) is 14.7 Å². The number of methoxy groups -OCH3 is 5. The molecule has 3 heterocycles. The van der Waals surface area contributed by atoms with E-state index in [4.69, 9.17) is 23.7 Å². The summed E-state index contributed by atoms with van der Waals surface area (Å²) in [6.45, 7) is 5.52. The van der Waals surface area contributed by atoms with Gasteiger partial charge >= 0.3 is 0 Å². The summed E-state index contributed by atoms with van der Waals surface area (Å²) in [5, 5.41) is 11.4. The molecule has 4 atom stereocenters. The third-order valence-electron chi connectivity index (χ3n) is 8.74. The molecule has 10 heteroatoms. The summed E-state index contributed by atoms with van der Waals surface area (Å²) in [6.07, 6.45) is 0.879. The number of hydrogen-bond donors (Lipinski definition) is 1. The van der Waals surface area contributed by atoms with Crippen LogP contribution in [0.4, 0.5) is 0 Å². The van der Waals surface area contributed by atoms with Crippen molar-refractivity contribution >= 4 is 11.7 Å². The molecule has 5 rings (SSSR count). The van der Waals surface area contributed by atoms with Gasteiger partial charge in [0.15, 0.2) is 28.8 Å². The minimum absolute atomic E-state index is 0.161. The Labute approximate surface area is 228 Å². The van der Waals surface area contributed by atoms with Gasteiger partial charge in [0.2, 0.25) is 5.91 Å². The molecule has 39 heavy (non-hydrogen) atoms. The molecule has 2 aromatic rings. The number of nitrogens with zero attached hydrogens (tertiary/aromatic N) is 2. The number of carbonyl (C=O) groups excluding carboxylic acids is 2. The van der Waals surface area contributed by atoms with Crippen LogP contribution in [0.1, 0.15) is 63.6 Å². The smallest absolute Gasteiger partial charge is 0.241 e. The van der Waals surface area contributed by atoms with E-state index in [1.807, 2.05) is 25.8 Å². The van der Waals surface area contributed by atoms with E-state index in [0.29, 0.717) is 52.7 Å². The van der Waals surface area contributed by atoms with E-state index in [1.54, 1.807) is 33.2 Å². The standard InChI is InChI=1S/C29H36N2O8/c1-10-15-18-19(22(32)12(2)25(36-6)28(18)39-9)23(33)21-20-17-14(11-16(30(20)4)29(34)31(15)21)24(35-5)13(3)26(37-7)27(17)38-8/h15-16,20-21,32H,10-11H2,1-9H3/t15-,16-,20+,21?/m0/s1. The Morgan fingerprint density at radius 2 is 1.33 bits per heavy atom. The first-order valence-corrected chi connectivity index (χ1v) is 13.0. The topological polar surface area (TPSA) is 107 Å². The first-order valence-electron chi connectivity index (χ1n) is 13.0. The van der Waals surface area contributed by atoms with Crippen LogP contribution >= 0.6 is 0 Å². The van der Waals surface area contributed by atoms with Crippen molar-refractivity contribution in [2.24, 2.45) is 0 Å². The molecule has 2 bridgehead atoms. The highest BCUT2D eigenvalue weighted by Crippen LogP contribution is 2.58. The molecule has 2 aromatic carbocycles. The number of hydrogen-bond acceptors (Lipinski definition) is 9. The Balaban J connectivity index is 1.87. The molecule has 10 nitrogen and oxygen atoms in total. The molecular weight excluding hydrogens is 504 g/mol. The minimum atomic E-state index is -0.926. The van der Waals surface area contributed by atoms with Crippen molar-refractivity contribution in [2.45, 2.75) is 57.8 Å². The Bertz CT molecular complexity index is 1390. The number of likely N-dealkylation sites (N-methyl/N-ethyl adjacent to an activating group) is 1. The SMILES string of the molecule is CC[C@H]1c2c(OC)c(OC)c(C)c(O)c2C(=O)C2[C@H]3c4c(c(OC)c(C)c(OC)c4OC)C[C@@H](C(=O)N21)N3C. The van der Waals surface area contributed by atoms with Crippen molar-refractivity contribution in [1.82, 2.24) is 9.80 Å². The number of benzene rings is 2. The second-order valence-corrected chi connectivity index (χ2v) is 10.3. The fourth-order valence-electron chi connectivity index (χ4n) is 7.11. The fourth-order valence-corrected chi connectivity index (χ4v) is 7.11. The molecule has 1 N–H and O–H groups in total. The van der Waals surface area contributed by atoms with Crippen LogP contribution in [0.2, 0.25) is 0 Å². The first-order chi connectivity index (χ1) is 18.6. The zero-order chi connectivity index (χ0) is 28.5. The van der Waals surface area contributed by atoms with E-state index in [2.05, 4.69) is 0 Å². The van der Waals surface area contributed by atoms with Gasteiger partial charge in [-0.1, -0.05) is 6.92 Å². The van der Waals surface area contributed by atoms with Crippen LogP contribution < -0.4 is 23.7 Å². The van der Waals surface area contributed by atoms with Crippen LogP contribution in [-0.4, -0.2) is 81.3 Å². The summed E-state index contributed by atoms with van der Waals surface area (Å²) in [4.78, 5) is 32.5. The van der Waals surface area contributed by atoms with Crippen LogP contribution in [-0.2, 0) is 11.2 Å². The molecule has 0 aromatic heterocycles. The third kappa shape index (κ3) is 3.30. The van der Waals surface area contributed by atoms with Gasteiger partial charge in [0.05, 0.1) is 59.2 Å². The lowest BCUT2D eigenvalue weighted by molar-refractivity contribution is -0.153. The van der Waals surface area contributed by atoms with E-state index >= 15 is 0 Å². The van der Waals surface area contributed by atoms with Crippen molar-refractivity contribution < 1.29 is 38.4 Å². The number of phenolic OH excluding ortho intramolecular Hbond substituents is 1. The average Bonchev–Trinajstić information content (AvgIpc) is 2.92. The summed E-state index contributed by atoms with van der Waals surface area (Å²) < 4.78 is 28.9. The highest BCUT2D eigenvalue weighted by atomic mass is 16.5. The lowest BCUT2D eigenvalue weighted by Gasteiger charge is -2.56. The maximum absolute atomic E-state index is 14.5. The molecule has 0 spiro atoms. The van der Waals surface area contributed by atoms with Gasteiger partial charge in [0.1, 0.15) is 17.5 Å². The number of fused-ring (bicyclic) bond motifs is 7. The molecule has 1 amide bonds. The second-order valence-electron chi connectivity index (χ2n) is 10.3. The maximum atomic E-state index is 14.5. The molecule has 0 radical (unpaired) electrons. The minimum Gasteiger partial charge on any atom is -0.507 e. The molecule has 0 aliphatic carbocycles. The number of phenols is 1. The number of amides is 1. The second kappa shape index (κ2) is 9.51. The summed E-state index contributed by atoms with van der Waals surface area (Å²) in [7, 11) is 9.57. The first kappa shape index (κ1) is 26.9. The summed E-state index contributed by atoms with van der Waals surface area (Å²) in [5.74, 6) is 1.66. The van der Waals surface area contributed by atoms with Gasteiger partial charge in [0, 0.05) is 34.2 Å². The van der Waals surface area contributed by atoms with E-state index in [0.717, 1.165) is 16.7 Å². The average molecular weight is 541 g/mol. The van der Waals surface area contributed by atoms with E-state index in [-0.39, 0.29) is 23.0 Å². The predicted molar refractivity (Wildman–Crippen MR) is 143 cm³/mol. The Morgan fingerprint density at radius 3 is 1.87 bits per heavy atom. The highest BCUT2D eigenvalue weighted by Gasteiger charge is 2.59. The Morgan fingerprint density at radius 1 is 0.795 bits per heavy atom. The number of carbonyl (C=O) groups is 2. The van der Waals surface area contributed by atoms with Crippen molar-refractivity contribution in [3.05, 3.63) is 33.4 Å². The number of aromatic hydroxyl groups is 1. The van der Waals surface area contributed by atoms with E-state index in [1.165, 1.54) is 14.2 Å². The third-order valence-corrected chi connectivity index (χ3v) is 8.74. The lowest BCUT2D eigenvalue weighted by Crippen LogP contribution is -2.68. The summed E-state index contributed by atoms with van der Waals surface area (Å²) in [5.41, 5.74) is 3.38. The van der Waals surface area contributed by atoms with E-state index < -0.39 is 24.2 Å². The number of ketones is 1. The van der Waals surface area contributed by atoms with Gasteiger partial charge in [-0.2, -0.15) is 0 Å². The summed E-state index contributed by atoms with van der Waals surface area (Å²) >= 11 is 0. The lowest BCUT2D eigenvalue weighted by atomic mass is 9.72. The van der Waals surface area contributed by atoms with Gasteiger partial charge in [-0.3, -0.25) is 14.5 Å². The van der Waals surface area contributed by atoms with Crippen molar-refractivity contribution in [2.75, 3.05) is 42.6 Å².